The van der Waals surface area contributed by atoms with Gasteiger partial charge in [0.1, 0.15) is 6.04 Å². The maximum Gasteiger partial charge on any atom is 0.238 e. The Hall–Kier alpha value is -1.44. The Kier molecular flexibility index (Phi) is 5.55. The van der Waals surface area contributed by atoms with Gasteiger partial charge in [-0.05, 0) is 24.0 Å². The van der Waals surface area contributed by atoms with Crippen molar-refractivity contribution in [1.82, 2.24) is 9.62 Å². The normalized spacial score (nSPS) is 19.3. The SMILES string of the molecule is COCc1ccccc1CNC(=O)C1CCCN1S(C)(=O)=O. The summed E-state index contributed by atoms with van der Waals surface area (Å²) in [5.74, 6) is -0.241. The Morgan fingerprint density at radius 3 is 2.68 bits per heavy atom. The van der Waals surface area contributed by atoms with Gasteiger partial charge < -0.3 is 10.1 Å². The van der Waals surface area contributed by atoms with Crippen LogP contribution in [0.15, 0.2) is 24.3 Å². The molecule has 0 aromatic heterocycles. The molecule has 1 aromatic carbocycles. The summed E-state index contributed by atoms with van der Waals surface area (Å²) in [5, 5.41) is 2.84. The second kappa shape index (κ2) is 7.21. The Balaban J connectivity index is 2.01. The van der Waals surface area contributed by atoms with Crippen LogP contribution in [0.5, 0.6) is 0 Å². The molecule has 0 aliphatic carbocycles. The Bertz CT molecular complexity index is 630. The van der Waals surface area contributed by atoms with E-state index in [0.717, 1.165) is 17.4 Å². The average Bonchev–Trinajstić information content (AvgIpc) is 2.96. The van der Waals surface area contributed by atoms with Crippen LogP contribution in [0.4, 0.5) is 0 Å². The van der Waals surface area contributed by atoms with Crippen LogP contribution in [0.1, 0.15) is 24.0 Å². The van der Waals surface area contributed by atoms with E-state index in [2.05, 4.69) is 5.32 Å². The highest BCUT2D eigenvalue weighted by molar-refractivity contribution is 7.88. The van der Waals surface area contributed by atoms with Crippen LogP contribution in [-0.4, -0.2) is 44.6 Å². The van der Waals surface area contributed by atoms with Gasteiger partial charge >= 0.3 is 0 Å². The first-order valence-corrected chi connectivity index (χ1v) is 9.08. The van der Waals surface area contributed by atoms with Gasteiger partial charge in [0, 0.05) is 20.2 Å². The molecule has 0 saturated carbocycles. The number of hydrogen-bond donors (Lipinski definition) is 1. The van der Waals surface area contributed by atoms with Gasteiger partial charge in [0.15, 0.2) is 0 Å². The molecule has 0 bridgehead atoms. The molecule has 1 amide bonds. The van der Waals surface area contributed by atoms with Gasteiger partial charge in [-0.1, -0.05) is 24.3 Å². The van der Waals surface area contributed by atoms with Gasteiger partial charge in [-0.15, -0.1) is 0 Å². The van der Waals surface area contributed by atoms with E-state index in [0.29, 0.717) is 32.5 Å². The van der Waals surface area contributed by atoms with Gasteiger partial charge in [-0.25, -0.2) is 8.42 Å². The van der Waals surface area contributed by atoms with Crippen molar-refractivity contribution < 1.29 is 17.9 Å². The molecule has 1 heterocycles. The molecule has 2 rings (SSSR count). The molecule has 1 saturated heterocycles. The number of carbonyl (C=O) groups excluding carboxylic acids is 1. The maximum absolute atomic E-state index is 12.3. The molecule has 1 fully saturated rings. The number of nitrogens with zero attached hydrogens (tertiary/aromatic N) is 1. The first-order chi connectivity index (χ1) is 10.4. The fourth-order valence-electron chi connectivity index (χ4n) is 2.73. The second-order valence-corrected chi connectivity index (χ2v) is 7.39. The lowest BCUT2D eigenvalue weighted by molar-refractivity contribution is -0.124. The highest BCUT2D eigenvalue weighted by Gasteiger charge is 2.36. The minimum absolute atomic E-state index is 0.241. The van der Waals surface area contributed by atoms with Crippen LogP contribution in [0.25, 0.3) is 0 Å². The van der Waals surface area contributed by atoms with E-state index in [4.69, 9.17) is 4.74 Å². The topological polar surface area (TPSA) is 75.7 Å². The zero-order valence-corrected chi connectivity index (χ0v) is 13.7. The highest BCUT2D eigenvalue weighted by atomic mass is 32.2. The van der Waals surface area contributed by atoms with Crippen LogP contribution in [-0.2, 0) is 32.7 Å². The number of nitrogens with one attached hydrogen (secondary N) is 1. The minimum atomic E-state index is -3.34. The minimum Gasteiger partial charge on any atom is -0.380 e. The van der Waals surface area contributed by atoms with Crippen LogP contribution in [0.2, 0.25) is 0 Å². The van der Waals surface area contributed by atoms with E-state index in [1.165, 1.54) is 4.31 Å². The third-order valence-electron chi connectivity index (χ3n) is 3.80. The first-order valence-electron chi connectivity index (χ1n) is 7.23. The average molecular weight is 326 g/mol. The van der Waals surface area contributed by atoms with E-state index in [1.807, 2.05) is 24.3 Å². The summed E-state index contributed by atoms with van der Waals surface area (Å²) < 4.78 is 29.8. The van der Waals surface area contributed by atoms with E-state index in [9.17, 15) is 13.2 Å². The largest absolute Gasteiger partial charge is 0.380 e. The summed E-state index contributed by atoms with van der Waals surface area (Å²) in [5.41, 5.74) is 1.98. The third-order valence-corrected chi connectivity index (χ3v) is 5.09. The fourth-order valence-corrected chi connectivity index (χ4v) is 3.85. The molecule has 0 radical (unpaired) electrons. The standard InChI is InChI=1S/C15H22N2O4S/c1-21-11-13-7-4-3-6-12(13)10-16-15(18)14-8-5-9-17(14)22(2,19)20/h3-4,6-7,14H,5,8-11H2,1-2H3,(H,16,18). The monoisotopic (exact) mass is 326 g/mol. The van der Waals surface area contributed by atoms with Crippen LogP contribution in [0, 0.1) is 0 Å². The summed E-state index contributed by atoms with van der Waals surface area (Å²) in [6, 6.07) is 7.10. The van der Waals surface area contributed by atoms with E-state index in [1.54, 1.807) is 7.11 Å². The summed E-state index contributed by atoms with van der Waals surface area (Å²) in [6.07, 6.45) is 2.43. The lowest BCUT2D eigenvalue weighted by Gasteiger charge is -2.21. The molecule has 6 nitrogen and oxygen atoms in total. The van der Waals surface area contributed by atoms with Crippen molar-refractivity contribution in [2.75, 3.05) is 19.9 Å². The van der Waals surface area contributed by atoms with E-state index >= 15 is 0 Å². The number of carbonyl (C=O) groups is 1. The molecule has 1 aliphatic rings. The molecule has 1 aliphatic heterocycles. The molecule has 22 heavy (non-hydrogen) atoms. The van der Waals surface area contributed by atoms with Gasteiger partial charge in [-0.2, -0.15) is 4.31 Å². The summed E-state index contributed by atoms with van der Waals surface area (Å²) in [7, 11) is -1.72. The number of ether oxygens (including phenoxy) is 1. The molecule has 1 unspecified atom stereocenters. The lowest BCUT2D eigenvalue weighted by atomic mass is 10.1. The smallest absolute Gasteiger partial charge is 0.238 e. The highest BCUT2D eigenvalue weighted by Crippen LogP contribution is 2.20. The summed E-state index contributed by atoms with van der Waals surface area (Å²) in [6.45, 7) is 1.26. The number of amides is 1. The summed E-state index contributed by atoms with van der Waals surface area (Å²) in [4.78, 5) is 12.3. The van der Waals surface area contributed by atoms with Crippen LogP contribution >= 0.6 is 0 Å². The third kappa shape index (κ3) is 4.06. The van der Waals surface area contributed by atoms with Crippen LogP contribution in [0.3, 0.4) is 0 Å². The van der Waals surface area contributed by atoms with Crippen molar-refractivity contribution in [3.63, 3.8) is 0 Å². The molecule has 1 aromatic rings. The van der Waals surface area contributed by atoms with E-state index < -0.39 is 16.1 Å². The maximum atomic E-state index is 12.3. The zero-order chi connectivity index (χ0) is 16.2. The van der Waals surface area contributed by atoms with Crippen molar-refractivity contribution in [2.24, 2.45) is 0 Å². The van der Waals surface area contributed by atoms with Crippen molar-refractivity contribution >= 4 is 15.9 Å². The predicted molar refractivity (Wildman–Crippen MR) is 83.6 cm³/mol. The predicted octanol–water partition coefficient (Wildman–Crippen LogP) is 0.873. The summed E-state index contributed by atoms with van der Waals surface area (Å²) >= 11 is 0. The quantitative estimate of drug-likeness (QED) is 0.842. The Morgan fingerprint density at radius 2 is 2.05 bits per heavy atom. The van der Waals surface area contributed by atoms with E-state index in [-0.39, 0.29) is 5.91 Å². The second-order valence-electron chi connectivity index (χ2n) is 5.45. The molecular weight excluding hydrogens is 304 g/mol. The molecule has 122 valence electrons. The fraction of sp³-hybridized carbons (Fsp3) is 0.533. The Morgan fingerprint density at radius 1 is 1.36 bits per heavy atom. The van der Waals surface area contributed by atoms with Crippen LogP contribution < -0.4 is 5.32 Å². The molecule has 1 N–H and O–H groups in total. The number of benzene rings is 1. The van der Waals surface area contributed by atoms with Crippen molar-refractivity contribution in [2.45, 2.75) is 32.0 Å². The Labute approximate surface area is 131 Å². The molecule has 1 atom stereocenters. The zero-order valence-electron chi connectivity index (χ0n) is 12.9. The van der Waals surface area contributed by atoms with Gasteiger partial charge in [-0.3, -0.25) is 4.79 Å². The van der Waals surface area contributed by atoms with Gasteiger partial charge in [0.25, 0.3) is 0 Å². The number of methoxy groups -OCH3 is 1. The van der Waals surface area contributed by atoms with Crippen molar-refractivity contribution in [1.29, 1.82) is 0 Å². The number of sulfonamides is 1. The van der Waals surface area contributed by atoms with Gasteiger partial charge in [0.05, 0.1) is 12.9 Å². The lowest BCUT2D eigenvalue weighted by Crippen LogP contribution is -2.45. The van der Waals surface area contributed by atoms with Crippen molar-refractivity contribution in [3.05, 3.63) is 35.4 Å². The molecular formula is C15H22N2O4S. The van der Waals surface area contributed by atoms with Gasteiger partial charge in [0.2, 0.25) is 15.9 Å². The molecule has 7 heteroatoms. The van der Waals surface area contributed by atoms with Crippen molar-refractivity contribution in [3.8, 4) is 0 Å². The number of hydrogen-bond acceptors (Lipinski definition) is 4. The number of rotatable bonds is 6. The first kappa shape index (κ1) is 16.9. The molecule has 0 spiro atoms.